The first kappa shape index (κ1) is 18.5. The van der Waals surface area contributed by atoms with Gasteiger partial charge in [-0.15, -0.1) is 11.3 Å². The van der Waals surface area contributed by atoms with E-state index in [9.17, 15) is 9.18 Å². The van der Waals surface area contributed by atoms with Crippen LogP contribution in [-0.2, 0) is 11.2 Å². The van der Waals surface area contributed by atoms with Crippen LogP contribution in [0.1, 0.15) is 24.8 Å². The SMILES string of the molecule is O=C1C(CCCc2cccc3ncsc23)CC2CN(c3ccncc3F)CCN12. The van der Waals surface area contributed by atoms with E-state index in [-0.39, 0.29) is 23.7 Å². The zero-order valence-corrected chi connectivity index (χ0v) is 16.9. The smallest absolute Gasteiger partial charge is 0.226 e. The summed E-state index contributed by atoms with van der Waals surface area (Å²) in [6.45, 7) is 2.04. The summed E-state index contributed by atoms with van der Waals surface area (Å²) in [5.74, 6) is 0.0721. The maximum absolute atomic E-state index is 14.1. The third-order valence-electron chi connectivity index (χ3n) is 6.20. The summed E-state index contributed by atoms with van der Waals surface area (Å²) < 4.78 is 15.4. The van der Waals surface area contributed by atoms with Gasteiger partial charge in [-0.05, 0) is 43.4 Å². The Morgan fingerprint density at radius 2 is 2.17 bits per heavy atom. The molecule has 2 unspecified atom stereocenters. The highest BCUT2D eigenvalue weighted by Gasteiger charge is 2.42. The van der Waals surface area contributed by atoms with Crippen molar-refractivity contribution in [3.8, 4) is 0 Å². The molecule has 1 amide bonds. The van der Waals surface area contributed by atoms with Gasteiger partial charge < -0.3 is 9.80 Å². The molecule has 0 aliphatic carbocycles. The fraction of sp³-hybridized carbons (Fsp3) is 0.409. The Labute approximate surface area is 173 Å². The van der Waals surface area contributed by atoms with Crippen LogP contribution < -0.4 is 4.90 Å². The number of aryl methyl sites for hydroxylation is 1. The molecule has 5 rings (SSSR count). The summed E-state index contributed by atoms with van der Waals surface area (Å²) in [6, 6.07) is 8.18. The molecule has 2 aromatic heterocycles. The molecule has 150 valence electrons. The standard InChI is InChI=1S/C22H23FN4OS/c23-18-12-24-8-7-20(18)26-9-10-27-17(13-26)11-16(22(27)28)5-1-3-15-4-2-6-19-21(15)29-14-25-19/h2,4,6-8,12,14,16-17H,1,3,5,9-11,13H2. The molecule has 2 aliphatic rings. The molecule has 5 nitrogen and oxygen atoms in total. The lowest BCUT2D eigenvalue weighted by atomic mass is 9.96. The lowest BCUT2D eigenvalue weighted by Gasteiger charge is -2.38. The molecule has 2 saturated heterocycles. The van der Waals surface area contributed by atoms with E-state index in [0.717, 1.165) is 31.2 Å². The Balaban J connectivity index is 1.21. The van der Waals surface area contributed by atoms with Crippen LogP contribution in [0.4, 0.5) is 10.1 Å². The minimum Gasteiger partial charge on any atom is -0.365 e. The summed E-state index contributed by atoms with van der Waals surface area (Å²) in [4.78, 5) is 25.2. The number of carbonyl (C=O) groups excluding carboxylic acids is 1. The van der Waals surface area contributed by atoms with Crippen molar-refractivity contribution in [1.82, 2.24) is 14.9 Å². The van der Waals surface area contributed by atoms with Crippen LogP contribution >= 0.6 is 11.3 Å². The van der Waals surface area contributed by atoms with Gasteiger partial charge in [-0.2, -0.15) is 0 Å². The average molecular weight is 411 g/mol. The zero-order chi connectivity index (χ0) is 19.8. The number of fused-ring (bicyclic) bond motifs is 2. The number of anilines is 1. The highest BCUT2D eigenvalue weighted by molar-refractivity contribution is 7.16. The number of halogens is 1. The molecular weight excluding hydrogens is 387 g/mol. The second-order valence-corrected chi connectivity index (χ2v) is 8.76. The van der Waals surface area contributed by atoms with Crippen molar-refractivity contribution < 1.29 is 9.18 Å². The van der Waals surface area contributed by atoms with Crippen LogP contribution in [0, 0.1) is 11.7 Å². The summed E-state index contributed by atoms with van der Waals surface area (Å²) >= 11 is 1.69. The van der Waals surface area contributed by atoms with E-state index in [1.54, 1.807) is 23.6 Å². The van der Waals surface area contributed by atoms with Gasteiger partial charge in [-0.3, -0.25) is 9.78 Å². The predicted molar refractivity (Wildman–Crippen MR) is 113 cm³/mol. The molecule has 2 fully saturated rings. The van der Waals surface area contributed by atoms with Crippen LogP contribution in [-0.4, -0.2) is 46.5 Å². The van der Waals surface area contributed by atoms with Gasteiger partial charge in [-0.25, -0.2) is 9.37 Å². The summed E-state index contributed by atoms with van der Waals surface area (Å²) in [6.07, 6.45) is 6.63. The minimum atomic E-state index is -0.293. The van der Waals surface area contributed by atoms with Gasteiger partial charge in [0.1, 0.15) is 0 Å². The number of benzene rings is 1. The molecule has 0 spiro atoms. The zero-order valence-electron chi connectivity index (χ0n) is 16.1. The van der Waals surface area contributed by atoms with Gasteiger partial charge >= 0.3 is 0 Å². The molecule has 0 radical (unpaired) electrons. The molecule has 0 N–H and O–H groups in total. The summed E-state index contributed by atoms with van der Waals surface area (Å²) in [7, 11) is 0. The Kier molecular flexibility index (Phi) is 4.91. The van der Waals surface area contributed by atoms with Crippen molar-refractivity contribution >= 4 is 33.1 Å². The predicted octanol–water partition coefficient (Wildman–Crippen LogP) is 3.89. The van der Waals surface area contributed by atoms with E-state index in [2.05, 4.69) is 27.0 Å². The summed E-state index contributed by atoms with van der Waals surface area (Å²) in [5, 5.41) is 0. The fourth-order valence-corrected chi connectivity index (χ4v) is 5.61. The third kappa shape index (κ3) is 3.48. The molecule has 0 bridgehead atoms. The van der Waals surface area contributed by atoms with E-state index in [0.29, 0.717) is 25.3 Å². The first-order chi connectivity index (χ1) is 14.2. The Morgan fingerprint density at radius 1 is 1.24 bits per heavy atom. The van der Waals surface area contributed by atoms with Gasteiger partial charge in [0, 0.05) is 31.7 Å². The second kappa shape index (κ2) is 7.71. The molecule has 0 saturated carbocycles. The number of carbonyl (C=O) groups is 1. The topological polar surface area (TPSA) is 49.3 Å². The van der Waals surface area contributed by atoms with E-state index in [1.165, 1.54) is 16.5 Å². The maximum atomic E-state index is 14.1. The fourth-order valence-electron chi connectivity index (χ4n) is 4.78. The Bertz CT molecular complexity index is 1040. The van der Waals surface area contributed by atoms with Crippen molar-refractivity contribution in [3.05, 3.63) is 53.6 Å². The van der Waals surface area contributed by atoms with Crippen molar-refractivity contribution in [1.29, 1.82) is 0 Å². The quantitative estimate of drug-likeness (QED) is 0.640. The molecule has 2 atom stereocenters. The van der Waals surface area contributed by atoms with Crippen LogP contribution in [0.25, 0.3) is 10.2 Å². The molecule has 2 aliphatic heterocycles. The van der Waals surface area contributed by atoms with Crippen LogP contribution in [0.15, 0.2) is 42.2 Å². The number of piperazine rings is 1. The van der Waals surface area contributed by atoms with Crippen molar-refractivity contribution in [2.75, 3.05) is 24.5 Å². The van der Waals surface area contributed by atoms with Crippen LogP contribution in [0.2, 0.25) is 0 Å². The second-order valence-electron chi connectivity index (χ2n) is 7.90. The Hall–Kier alpha value is -2.54. The lowest BCUT2D eigenvalue weighted by molar-refractivity contribution is -0.132. The molecule has 29 heavy (non-hydrogen) atoms. The molecule has 7 heteroatoms. The van der Waals surface area contributed by atoms with Gasteiger partial charge in [0.05, 0.1) is 33.7 Å². The number of hydrogen-bond acceptors (Lipinski definition) is 5. The van der Waals surface area contributed by atoms with Gasteiger partial charge in [0.2, 0.25) is 5.91 Å². The Morgan fingerprint density at radius 3 is 3.07 bits per heavy atom. The van der Waals surface area contributed by atoms with E-state index < -0.39 is 0 Å². The number of hydrogen-bond donors (Lipinski definition) is 0. The van der Waals surface area contributed by atoms with Gasteiger partial charge in [0.25, 0.3) is 0 Å². The molecule has 4 heterocycles. The maximum Gasteiger partial charge on any atom is 0.226 e. The normalized spacial score (nSPS) is 21.8. The number of nitrogens with zero attached hydrogens (tertiary/aromatic N) is 4. The minimum absolute atomic E-state index is 0.0860. The lowest BCUT2D eigenvalue weighted by Crippen LogP contribution is -2.51. The first-order valence-electron chi connectivity index (χ1n) is 10.2. The van der Waals surface area contributed by atoms with E-state index in [1.807, 2.05) is 16.5 Å². The molecular formula is C22H23FN4OS. The monoisotopic (exact) mass is 410 g/mol. The summed E-state index contributed by atoms with van der Waals surface area (Å²) in [5.41, 5.74) is 4.87. The number of thiazole rings is 1. The van der Waals surface area contributed by atoms with E-state index in [4.69, 9.17) is 0 Å². The molecule has 3 aromatic rings. The third-order valence-corrected chi connectivity index (χ3v) is 7.12. The number of aromatic nitrogens is 2. The van der Waals surface area contributed by atoms with E-state index >= 15 is 0 Å². The highest BCUT2D eigenvalue weighted by Crippen LogP contribution is 2.33. The van der Waals surface area contributed by atoms with Gasteiger partial charge in [0.15, 0.2) is 5.82 Å². The van der Waals surface area contributed by atoms with Crippen molar-refractivity contribution in [2.45, 2.75) is 31.7 Å². The number of rotatable bonds is 5. The number of amides is 1. The average Bonchev–Trinajstić information content (AvgIpc) is 3.33. The molecule has 1 aromatic carbocycles. The van der Waals surface area contributed by atoms with Crippen molar-refractivity contribution in [3.63, 3.8) is 0 Å². The first-order valence-corrected chi connectivity index (χ1v) is 11.0. The highest BCUT2D eigenvalue weighted by atomic mass is 32.1. The van der Waals surface area contributed by atoms with Gasteiger partial charge in [-0.1, -0.05) is 12.1 Å². The van der Waals surface area contributed by atoms with Crippen LogP contribution in [0.3, 0.4) is 0 Å². The largest absolute Gasteiger partial charge is 0.365 e. The number of pyridine rings is 1. The van der Waals surface area contributed by atoms with Crippen molar-refractivity contribution in [2.24, 2.45) is 5.92 Å². The van der Waals surface area contributed by atoms with Crippen LogP contribution in [0.5, 0.6) is 0 Å².